The molecule has 3 aromatic rings. The molecule has 1 fully saturated rings. The molecule has 2 heterocycles. The molecule has 1 aliphatic heterocycles. The van der Waals surface area contributed by atoms with Crippen molar-refractivity contribution in [3.05, 3.63) is 65.5 Å². The van der Waals surface area contributed by atoms with E-state index in [1.54, 1.807) is 23.1 Å². The maximum Gasteiger partial charge on any atom is 0.338 e. The van der Waals surface area contributed by atoms with Crippen molar-refractivity contribution in [2.75, 3.05) is 11.4 Å². The highest BCUT2D eigenvalue weighted by atomic mass is 16.6. The van der Waals surface area contributed by atoms with Crippen molar-refractivity contribution in [1.29, 1.82) is 0 Å². The minimum atomic E-state index is -0.509. The summed E-state index contributed by atoms with van der Waals surface area (Å²) in [6.45, 7) is 2.64. The molecule has 1 aromatic heterocycles. The molecular weight excluding hydrogens is 370 g/mol. The van der Waals surface area contributed by atoms with Crippen LogP contribution >= 0.6 is 0 Å². The van der Waals surface area contributed by atoms with Gasteiger partial charge in [0.2, 0.25) is 11.7 Å². The summed E-state index contributed by atoms with van der Waals surface area (Å²) in [7, 11) is 0. The third-order valence-electron chi connectivity index (χ3n) is 4.88. The number of hydrogen-bond donors (Lipinski definition) is 0. The van der Waals surface area contributed by atoms with Gasteiger partial charge in [-0.05, 0) is 36.6 Å². The molecule has 0 atom stereocenters. The summed E-state index contributed by atoms with van der Waals surface area (Å²) in [4.78, 5) is 30.3. The summed E-state index contributed by atoms with van der Waals surface area (Å²) in [6, 6.07) is 14.8. The van der Waals surface area contributed by atoms with E-state index in [1.807, 2.05) is 30.3 Å². The zero-order valence-corrected chi connectivity index (χ0v) is 16.1. The molecule has 7 heteroatoms. The van der Waals surface area contributed by atoms with Crippen molar-refractivity contribution in [2.45, 2.75) is 32.8 Å². The van der Waals surface area contributed by atoms with E-state index in [2.05, 4.69) is 17.1 Å². The average Bonchev–Trinajstić information content (AvgIpc) is 3.41. The summed E-state index contributed by atoms with van der Waals surface area (Å²) in [5, 5.41) is 3.95. The van der Waals surface area contributed by atoms with Crippen LogP contribution in [0.3, 0.4) is 0 Å². The van der Waals surface area contributed by atoms with E-state index in [0.29, 0.717) is 30.0 Å². The molecule has 4 rings (SSSR count). The molecule has 2 aromatic carbocycles. The first-order chi connectivity index (χ1) is 14.1. The molecule has 0 unspecified atom stereocenters. The van der Waals surface area contributed by atoms with Crippen molar-refractivity contribution in [2.24, 2.45) is 0 Å². The number of nitrogens with zero attached hydrogens (tertiary/aromatic N) is 3. The van der Waals surface area contributed by atoms with Crippen LogP contribution < -0.4 is 4.90 Å². The number of ether oxygens (including phenoxy) is 1. The van der Waals surface area contributed by atoms with Gasteiger partial charge in [0.05, 0.1) is 5.56 Å². The third kappa shape index (κ3) is 4.18. The largest absolute Gasteiger partial charge is 0.452 e. The van der Waals surface area contributed by atoms with Gasteiger partial charge in [-0.15, -0.1) is 0 Å². The van der Waals surface area contributed by atoms with Gasteiger partial charge in [-0.3, -0.25) is 4.79 Å². The number of aryl methyl sites for hydroxylation is 1. The Balaban J connectivity index is 1.40. The van der Waals surface area contributed by atoms with E-state index in [9.17, 15) is 9.59 Å². The number of amides is 1. The fraction of sp³-hybridized carbons (Fsp3) is 0.273. The highest BCUT2D eigenvalue weighted by Crippen LogP contribution is 2.23. The Kier molecular flexibility index (Phi) is 5.37. The Bertz CT molecular complexity index is 1030. The van der Waals surface area contributed by atoms with Gasteiger partial charge in [-0.1, -0.05) is 42.4 Å². The van der Waals surface area contributed by atoms with Crippen molar-refractivity contribution in [3.63, 3.8) is 0 Å². The van der Waals surface area contributed by atoms with E-state index < -0.39 is 5.97 Å². The SMILES string of the molecule is CCc1ccc(-c2noc(COC(=O)c3cccc(N4CCCC4=O)c3)n2)cc1. The maximum atomic E-state index is 12.4. The third-order valence-corrected chi connectivity index (χ3v) is 4.88. The molecule has 0 N–H and O–H groups in total. The molecule has 29 heavy (non-hydrogen) atoms. The monoisotopic (exact) mass is 391 g/mol. The molecule has 0 bridgehead atoms. The molecule has 148 valence electrons. The molecule has 0 aliphatic carbocycles. The quantitative estimate of drug-likeness (QED) is 0.595. The van der Waals surface area contributed by atoms with Crippen molar-refractivity contribution < 1.29 is 18.8 Å². The zero-order valence-electron chi connectivity index (χ0n) is 16.1. The summed E-state index contributed by atoms with van der Waals surface area (Å²) >= 11 is 0. The number of rotatable bonds is 6. The van der Waals surface area contributed by atoms with E-state index >= 15 is 0 Å². The first-order valence-electron chi connectivity index (χ1n) is 9.63. The molecule has 0 radical (unpaired) electrons. The van der Waals surface area contributed by atoms with Crippen molar-refractivity contribution in [3.8, 4) is 11.4 Å². The molecule has 0 saturated carbocycles. The van der Waals surface area contributed by atoms with E-state index in [-0.39, 0.29) is 18.4 Å². The Morgan fingerprint density at radius 2 is 2.03 bits per heavy atom. The van der Waals surface area contributed by atoms with Crippen LogP contribution in [0.1, 0.15) is 41.6 Å². The van der Waals surface area contributed by atoms with Crippen LogP contribution in [0.5, 0.6) is 0 Å². The predicted octanol–water partition coefficient (Wildman–Crippen LogP) is 3.78. The van der Waals surface area contributed by atoms with Gasteiger partial charge >= 0.3 is 5.97 Å². The normalized spacial score (nSPS) is 13.7. The smallest absolute Gasteiger partial charge is 0.338 e. The molecule has 7 nitrogen and oxygen atoms in total. The lowest BCUT2D eigenvalue weighted by Crippen LogP contribution is -2.23. The minimum Gasteiger partial charge on any atom is -0.452 e. The van der Waals surface area contributed by atoms with E-state index in [4.69, 9.17) is 9.26 Å². The van der Waals surface area contributed by atoms with Crippen molar-refractivity contribution in [1.82, 2.24) is 10.1 Å². The number of benzene rings is 2. The Labute approximate surface area is 168 Å². The fourth-order valence-corrected chi connectivity index (χ4v) is 3.25. The van der Waals surface area contributed by atoms with Crippen LogP contribution in [0.4, 0.5) is 5.69 Å². The molecule has 0 spiro atoms. The lowest BCUT2D eigenvalue weighted by molar-refractivity contribution is -0.117. The second-order valence-corrected chi connectivity index (χ2v) is 6.84. The van der Waals surface area contributed by atoms with Crippen molar-refractivity contribution >= 4 is 17.6 Å². The standard InChI is InChI=1S/C22H21N3O4/c1-2-15-8-10-16(11-9-15)21-23-19(29-24-21)14-28-22(27)17-5-3-6-18(13-17)25-12-4-7-20(25)26/h3,5-6,8-11,13H,2,4,7,12,14H2,1H3. The van der Waals surface area contributed by atoms with Crippen LogP contribution in [0, 0.1) is 0 Å². The summed E-state index contributed by atoms with van der Waals surface area (Å²) < 4.78 is 10.5. The molecular formula is C22H21N3O4. The van der Waals surface area contributed by atoms with Gasteiger partial charge < -0.3 is 14.2 Å². The Hall–Kier alpha value is -3.48. The van der Waals surface area contributed by atoms with E-state index in [0.717, 1.165) is 18.4 Å². The average molecular weight is 391 g/mol. The van der Waals surface area contributed by atoms with Crippen LogP contribution in [-0.4, -0.2) is 28.6 Å². The summed E-state index contributed by atoms with van der Waals surface area (Å²) in [6.07, 6.45) is 2.32. The maximum absolute atomic E-state index is 12.4. The second-order valence-electron chi connectivity index (χ2n) is 6.84. The zero-order chi connectivity index (χ0) is 20.2. The molecule has 1 saturated heterocycles. The predicted molar refractivity (Wildman–Crippen MR) is 106 cm³/mol. The highest BCUT2D eigenvalue weighted by molar-refractivity contribution is 5.97. The first kappa shape index (κ1) is 18.9. The highest BCUT2D eigenvalue weighted by Gasteiger charge is 2.22. The van der Waals surface area contributed by atoms with Gasteiger partial charge in [-0.25, -0.2) is 4.79 Å². The Morgan fingerprint density at radius 3 is 2.76 bits per heavy atom. The fourth-order valence-electron chi connectivity index (χ4n) is 3.25. The van der Waals surface area contributed by atoms with Crippen LogP contribution in [-0.2, 0) is 22.6 Å². The van der Waals surface area contributed by atoms with Crippen LogP contribution in [0.25, 0.3) is 11.4 Å². The summed E-state index contributed by atoms with van der Waals surface area (Å²) in [5.74, 6) is 0.235. The van der Waals surface area contributed by atoms with Crippen LogP contribution in [0.15, 0.2) is 53.1 Å². The first-order valence-corrected chi connectivity index (χ1v) is 9.63. The molecule has 1 amide bonds. The number of hydrogen-bond acceptors (Lipinski definition) is 6. The number of carbonyl (C=O) groups excluding carboxylic acids is 2. The van der Waals surface area contributed by atoms with Crippen LogP contribution in [0.2, 0.25) is 0 Å². The second kappa shape index (κ2) is 8.26. The topological polar surface area (TPSA) is 85.5 Å². The van der Waals surface area contributed by atoms with Gasteiger partial charge in [0.15, 0.2) is 6.61 Å². The Morgan fingerprint density at radius 1 is 1.21 bits per heavy atom. The van der Waals surface area contributed by atoms with Gasteiger partial charge in [0, 0.05) is 24.2 Å². The van der Waals surface area contributed by atoms with Gasteiger partial charge in [-0.2, -0.15) is 4.98 Å². The summed E-state index contributed by atoms with van der Waals surface area (Å²) in [5.41, 5.74) is 3.14. The van der Waals surface area contributed by atoms with Gasteiger partial charge in [0.25, 0.3) is 5.89 Å². The van der Waals surface area contributed by atoms with Gasteiger partial charge in [0.1, 0.15) is 0 Å². The number of anilines is 1. The lowest BCUT2D eigenvalue weighted by Gasteiger charge is -2.16. The molecule has 1 aliphatic rings. The van der Waals surface area contributed by atoms with E-state index in [1.165, 1.54) is 5.56 Å². The number of carbonyl (C=O) groups is 2. The number of aromatic nitrogens is 2. The number of esters is 1. The lowest BCUT2D eigenvalue weighted by atomic mass is 10.1. The minimum absolute atomic E-state index is 0.0703.